The van der Waals surface area contributed by atoms with E-state index in [9.17, 15) is 45.5 Å². The van der Waals surface area contributed by atoms with Crippen LogP contribution in [0.3, 0.4) is 0 Å². The Kier molecular flexibility index (Phi) is 13.4. The van der Waals surface area contributed by atoms with Crippen LogP contribution in [0.1, 0.15) is 106 Å². The summed E-state index contributed by atoms with van der Waals surface area (Å²) in [6.45, 7) is 16.5. The third-order valence-corrected chi connectivity index (χ3v) is 9.51. The molecule has 2 heterocycles. The number of hydrogen-bond acceptors (Lipinski definition) is 6. The van der Waals surface area contributed by atoms with Gasteiger partial charge >= 0.3 is 12.4 Å². The van der Waals surface area contributed by atoms with Gasteiger partial charge in [0.2, 0.25) is 23.6 Å². The number of amides is 4. The minimum Gasteiger partial charge on any atom is -0.344 e. The van der Waals surface area contributed by atoms with Gasteiger partial charge in [0.25, 0.3) is 0 Å². The maximum absolute atomic E-state index is 13.2. The zero-order valence-corrected chi connectivity index (χ0v) is 35.1. The molecule has 0 aliphatic heterocycles. The number of carbonyl (C=O) groups is 4. The number of alkyl halides is 6. The number of benzene rings is 2. The van der Waals surface area contributed by atoms with Crippen LogP contribution in [-0.4, -0.2) is 67.0 Å². The van der Waals surface area contributed by atoms with Crippen molar-refractivity contribution >= 4 is 23.6 Å². The summed E-state index contributed by atoms with van der Waals surface area (Å²) in [7, 11) is 0. The smallest absolute Gasteiger partial charge is 0.344 e. The van der Waals surface area contributed by atoms with E-state index in [2.05, 4.69) is 41.2 Å². The zero-order valence-electron chi connectivity index (χ0n) is 35.1. The fourth-order valence-electron chi connectivity index (χ4n) is 6.22. The molecule has 0 fully saturated rings. The van der Waals surface area contributed by atoms with Crippen LogP contribution >= 0.6 is 0 Å². The second-order valence-electron chi connectivity index (χ2n) is 18.0. The molecule has 0 saturated heterocycles. The number of halogens is 6. The van der Waals surface area contributed by atoms with Gasteiger partial charge in [0.05, 0.1) is 35.9 Å². The number of imidazole rings is 2. The normalized spacial score (nSPS) is 13.9. The first-order valence-electron chi connectivity index (χ1n) is 19.0. The lowest BCUT2D eigenvalue weighted by Crippen LogP contribution is -2.56. The Morgan fingerprint density at radius 2 is 0.800 bits per heavy atom. The van der Waals surface area contributed by atoms with Gasteiger partial charge in [-0.15, -0.1) is 0 Å². The van der Waals surface area contributed by atoms with Gasteiger partial charge in [0.1, 0.15) is 35.6 Å². The Morgan fingerprint density at radius 3 is 1.07 bits per heavy atom. The highest BCUT2D eigenvalue weighted by Crippen LogP contribution is 2.35. The topological polar surface area (TPSA) is 174 Å². The average molecular weight is 847 g/mol. The molecule has 0 spiro atoms. The molecule has 0 bridgehead atoms. The molecule has 18 heteroatoms. The fourth-order valence-corrected chi connectivity index (χ4v) is 6.22. The predicted octanol–water partition coefficient (Wildman–Crippen LogP) is 8.24. The molecule has 4 aromatic rings. The van der Waals surface area contributed by atoms with Gasteiger partial charge in [0.15, 0.2) is 0 Å². The monoisotopic (exact) mass is 846 g/mol. The van der Waals surface area contributed by atoms with E-state index < -0.39 is 82.8 Å². The van der Waals surface area contributed by atoms with Crippen molar-refractivity contribution in [2.45, 2.75) is 118 Å². The zero-order chi connectivity index (χ0) is 45.2. The molecule has 2 aromatic heterocycles. The predicted molar refractivity (Wildman–Crippen MR) is 214 cm³/mol. The maximum atomic E-state index is 13.2. The largest absolute Gasteiger partial charge is 0.397 e. The average Bonchev–Trinajstić information content (AvgIpc) is 3.77. The molecule has 4 rings (SSSR count). The van der Waals surface area contributed by atoms with Crippen LogP contribution in [0.2, 0.25) is 0 Å². The first kappa shape index (κ1) is 47.0. The Labute approximate surface area is 344 Å². The van der Waals surface area contributed by atoms with Gasteiger partial charge in [-0.05, 0) is 60.8 Å². The first-order chi connectivity index (χ1) is 27.3. The van der Waals surface area contributed by atoms with E-state index in [0.717, 1.165) is 22.3 Å². The van der Waals surface area contributed by atoms with E-state index >= 15 is 0 Å². The van der Waals surface area contributed by atoms with Gasteiger partial charge in [-0.1, -0.05) is 90.1 Å². The van der Waals surface area contributed by atoms with E-state index in [0.29, 0.717) is 23.0 Å². The standard InChI is InChI=1S/C42H52F6N8O4/c1-37(2,3)31(53-35(59)39(7,8)55-29(57)19-41(43,44)45)33-49-21-27(51-33)25-15-11-23(12-16-25)24-13-17-26(18-14-24)28-22-50-34(52-28)32(38(4,5)6)54-36(60)40(9,10)56-30(58)20-42(46,47)48/h11-18,21-22,31-32H,19-20H2,1-10H3,(H,49,51)(H,50,52)(H,53,59)(H,54,60)(H,55,57)(H,56,58). The fraction of sp³-hybridized carbons (Fsp3) is 0.476. The summed E-state index contributed by atoms with van der Waals surface area (Å²) in [6.07, 6.45) is -9.61. The molecule has 0 saturated carbocycles. The number of hydrogen-bond donors (Lipinski definition) is 6. The Hall–Kier alpha value is -5.68. The molecule has 0 aliphatic rings. The summed E-state index contributed by atoms with van der Waals surface area (Å²) in [5.41, 5.74) is 0.268. The number of nitrogens with zero attached hydrogens (tertiary/aromatic N) is 2. The Balaban J connectivity index is 1.46. The number of carbonyl (C=O) groups excluding carboxylic acids is 4. The third kappa shape index (κ3) is 12.7. The molecule has 4 amide bonds. The lowest BCUT2D eigenvalue weighted by molar-refractivity contribution is -0.157. The molecular weight excluding hydrogens is 795 g/mol. The van der Waals surface area contributed by atoms with Crippen LogP contribution in [0.25, 0.3) is 33.6 Å². The van der Waals surface area contributed by atoms with Crippen molar-refractivity contribution in [1.82, 2.24) is 41.2 Å². The maximum Gasteiger partial charge on any atom is 0.397 e. The van der Waals surface area contributed by atoms with Crippen LogP contribution in [0.15, 0.2) is 60.9 Å². The molecular formula is C42H52F6N8O4. The molecule has 60 heavy (non-hydrogen) atoms. The van der Waals surface area contributed by atoms with Crippen LogP contribution in [-0.2, 0) is 19.2 Å². The Morgan fingerprint density at radius 1 is 0.517 bits per heavy atom. The molecule has 326 valence electrons. The van der Waals surface area contributed by atoms with Crippen molar-refractivity contribution < 1.29 is 45.5 Å². The highest BCUT2D eigenvalue weighted by molar-refractivity contribution is 5.92. The number of aromatic nitrogens is 4. The van der Waals surface area contributed by atoms with E-state index in [1.165, 1.54) is 27.7 Å². The molecule has 0 radical (unpaired) electrons. The van der Waals surface area contributed by atoms with Crippen LogP contribution < -0.4 is 21.3 Å². The van der Waals surface area contributed by atoms with Crippen LogP contribution in [0, 0.1) is 10.8 Å². The van der Waals surface area contributed by atoms with Gasteiger partial charge in [-0.3, -0.25) is 19.2 Å². The summed E-state index contributed by atoms with van der Waals surface area (Å²) in [4.78, 5) is 65.9. The van der Waals surface area contributed by atoms with Gasteiger partial charge in [0, 0.05) is 0 Å². The molecule has 2 aromatic carbocycles. The highest BCUT2D eigenvalue weighted by atomic mass is 19.4. The third-order valence-electron chi connectivity index (χ3n) is 9.51. The second kappa shape index (κ2) is 17.1. The summed E-state index contributed by atoms with van der Waals surface area (Å²) >= 11 is 0. The van der Waals surface area contributed by atoms with E-state index in [1.54, 1.807) is 12.4 Å². The van der Waals surface area contributed by atoms with Crippen molar-refractivity contribution in [3.05, 3.63) is 72.6 Å². The number of nitrogens with one attached hydrogen (secondary N) is 6. The first-order valence-corrected chi connectivity index (χ1v) is 19.0. The van der Waals surface area contributed by atoms with Gasteiger partial charge < -0.3 is 31.2 Å². The lowest BCUT2D eigenvalue weighted by atomic mass is 9.85. The molecule has 12 nitrogen and oxygen atoms in total. The number of H-pyrrole nitrogens is 2. The van der Waals surface area contributed by atoms with Crippen LogP contribution in [0.4, 0.5) is 26.3 Å². The van der Waals surface area contributed by atoms with Crippen molar-refractivity contribution in [2.24, 2.45) is 10.8 Å². The highest BCUT2D eigenvalue weighted by Gasteiger charge is 2.40. The minimum absolute atomic E-state index is 0.415. The molecule has 2 unspecified atom stereocenters. The number of rotatable bonds is 13. The second-order valence-corrected chi connectivity index (χ2v) is 18.0. The lowest BCUT2D eigenvalue weighted by Gasteiger charge is -2.34. The minimum atomic E-state index is -4.72. The van der Waals surface area contributed by atoms with Crippen LogP contribution in [0.5, 0.6) is 0 Å². The Bertz CT molecular complexity index is 2000. The molecule has 2 atom stereocenters. The van der Waals surface area contributed by atoms with Gasteiger partial charge in [-0.25, -0.2) is 9.97 Å². The van der Waals surface area contributed by atoms with Crippen molar-refractivity contribution in [3.63, 3.8) is 0 Å². The summed E-state index contributed by atoms with van der Waals surface area (Å²) in [5, 5.41) is 9.99. The number of aromatic amines is 2. The van der Waals surface area contributed by atoms with E-state index in [4.69, 9.17) is 0 Å². The van der Waals surface area contributed by atoms with E-state index in [-0.39, 0.29) is 0 Å². The quantitative estimate of drug-likeness (QED) is 0.0740. The van der Waals surface area contributed by atoms with Crippen molar-refractivity contribution in [1.29, 1.82) is 0 Å². The summed E-state index contributed by atoms with van der Waals surface area (Å²) < 4.78 is 76.4. The van der Waals surface area contributed by atoms with Crippen molar-refractivity contribution in [2.75, 3.05) is 0 Å². The van der Waals surface area contributed by atoms with Crippen molar-refractivity contribution in [3.8, 4) is 33.6 Å². The van der Waals surface area contributed by atoms with Gasteiger partial charge in [-0.2, -0.15) is 26.3 Å². The van der Waals surface area contributed by atoms with E-state index in [1.807, 2.05) is 90.1 Å². The SMILES string of the molecule is CC(C)(NC(=O)CC(F)(F)F)C(=O)NC(c1ncc(-c2ccc(-c3ccc(-c4cnc(C(NC(=O)C(C)(C)NC(=O)CC(F)(F)F)C(C)(C)C)[nH]4)cc3)cc2)[nH]1)C(C)(C)C. The molecule has 0 aliphatic carbocycles. The summed E-state index contributed by atoms with van der Waals surface area (Å²) in [5.74, 6) is -3.17. The molecule has 6 N–H and O–H groups in total. The summed E-state index contributed by atoms with van der Waals surface area (Å²) in [6, 6.07) is 13.9.